The van der Waals surface area contributed by atoms with Gasteiger partial charge >= 0.3 is 0 Å². The lowest BCUT2D eigenvalue weighted by atomic mass is 10.1. The molecule has 2 N–H and O–H groups in total. The molecule has 1 aliphatic rings. The summed E-state index contributed by atoms with van der Waals surface area (Å²) in [5, 5.41) is 4.45. The van der Waals surface area contributed by atoms with E-state index in [0.717, 1.165) is 17.5 Å². The molecule has 1 saturated heterocycles. The Morgan fingerprint density at radius 2 is 1.88 bits per heavy atom. The van der Waals surface area contributed by atoms with Crippen molar-refractivity contribution in [2.24, 2.45) is 0 Å². The van der Waals surface area contributed by atoms with E-state index in [0.29, 0.717) is 12.2 Å². The van der Waals surface area contributed by atoms with Gasteiger partial charge in [0.2, 0.25) is 5.91 Å². The summed E-state index contributed by atoms with van der Waals surface area (Å²) in [5.41, 5.74) is 4.06. The van der Waals surface area contributed by atoms with Crippen LogP contribution < -0.4 is 10.2 Å². The number of fused-ring (bicyclic) bond motifs is 1. The molecular formula is C21H21N3O2. The molecule has 2 aromatic carbocycles. The lowest BCUT2D eigenvalue weighted by molar-refractivity contribution is -0.121. The maximum atomic E-state index is 12.6. The van der Waals surface area contributed by atoms with E-state index in [1.165, 1.54) is 15.8 Å². The highest BCUT2D eigenvalue weighted by Gasteiger charge is 2.39. The Morgan fingerprint density at radius 1 is 1.12 bits per heavy atom. The van der Waals surface area contributed by atoms with Gasteiger partial charge in [-0.2, -0.15) is 0 Å². The zero-order chi connectivity index (χ0) is 18.1. The normalized spacial score (nSPS) is 17.4. The van der Waals surface area contributed by atoms with Crippen molar-refractivity contribution in [2.75, 3.05) is 11.4 Å². The molecule has 26 heavy (non-hydrogen) atoms. The lowest BCUT2D eigenvalue weighted by Crippen LogP contribution is -2.39. The van der Waals surface area contributed by atoms with Crippen LogP contribution >= 0.6 is 0 Å². The molecule has 2 amide bonds. The number of imide groups is 1. The molecule has 0 unspecified atom stereocenters. The Morgan fingerprint density at radius 3 is 2.69 bits per heavy atom. The minimum atomic E-state index is -0.450. The number of amides is 2. The molecular weight excluding hydrogens is 326 g/mol. The molecule has 0 radical (unpaired) electrons. The Hall–Kier alpha value is -2.92. The molecule has 5 nitrogen and oxygen atoms in total. The van der Waals surface area contributed by atoms with Crippen LogP contribution in [0.2, 0.25) is 0 Å². The first-order chi connectivity index (χ1) is 12.6. The quantitative estimate of drug-likeness (QED) is 0.698. The Labute approximate surface area is 152 Å². The molecule has 3 aromatic rings. The van der Waals surface area contributed by atoms with Gasteiger partial charge in [0.25, 0.3) is 5.91 Å². The molecule has 1 aromatic heterocycles. The highest BCUT2D eigenvalue weighted by Crippen LogP contribution is 2.23. The Balaban J connectivity index is 1.40. The number of H-pyrrole nitrogens is 1. The third-order valence-electron chi connectivity index (χ3n) is 4.90. The van der Waals surface area contributed by atoms with E-state index in [-0.39, 0.29) is 18.2 Å². The summed E-state index contributed by atoms with van der Waals surface area (Å²) < 4.78 is 0. The zero-order valence-electron chi connectivity index (χ0n) is 14.7. The summed E-state index contributed by atoms with van der Waals surface area (Å²) in [6, 6.07) is 15.2. The second-order valence-corrected chi connectivity index (χ2v) is 6.72. The van der Waals surface area contributed by atoms with Gasteiger partial charge in [-0.3, -0.25) is 9.59 Å². The number of carbonyl (C=O) groups is 2. The van der Waals surface area contributed by atoms with E-state index in [4.69, 9.17) is 0 Å². The summed E-state index contributed by atoms with van der Waals surface area (Å²) in [5.74, 6) is -0.318. The van der Waals surface area contributed by atoms with Gasteiger partial charge in [0.05, 0.1) is 18.2 Å². The topological polar surface area (TPSA) is 65.2 Å². The molecule has 0 saturated carbocycles. The molecule has 0 spiro atoms. The van der Waals surface area contributed by atoms with Crippen LogP contribution in [0.3, 0.4) is 0 Å². The van der Waals surface area contributed by atoms with Crippen molar-refractivity contribution in [3.63, 3.8) is 0 Å². The Bertz CT molecular complexity index is 959. The van der Waals surface area contributed by atoms with Crippen LogP contribution in [-0.4, -0.2) is 29.4 Å². The minimum absolute atomic E-state index is 0.150. The summed E-state index contributed by atoms with van der Waals surface area (Å²) in [4.78, 5) is 29.5. The van der Waals surface area contributed by atoms with E-state index < -0.39 is 6.04 Å². The SMILES string of the molecule is Cc1ccc(N2C(=O)C[C@H](NCCc3c[nH]c4ccccc34)C2=O)cc1. The number of carbonyl (C=O) groups excluding carboxylic acids is 2. The van der Waals surface area contributed by atoms with E-state index in [9.17, 15) is 9.59 Å². The van der Waals surface area contributed by atoms with Crippen molar-refractivity contribution in [1.82, 2.24) is 10.3 Å². The maximum Gasteiger partial charge on any atom is 0.251 e. The van der Waals surface area contributed by atoms with Crippen molar-refractivity contribution in [3.05, 3.63) is 65.9 Å². The molecule has 1 atom stereocenters. The summed E-state index contributed by atoms with van der Waals surface area (Å²) in [6.07, 6.45) is 3.01. The average molecular weight is 347 g/mol. The smallest absolute Gasteiger partial charge is 0.251 e. The number of aryl methyl sites for hydroxylation is 1. The maximum absolute atomic E-state index is 12.6. The van der Waals surface area contributed by atoms with Gasteiger partial charge in [0.15, 0.2) is 0 Å². The van der Waals surface area contributed by atoms with Gasteiger partial charge in [-0.25, -0.2) is 4.90 Å². The average Bonchev–Trinajstić information content (AvgIpc) is 3.17. The number of para-hydroxylation sites is 1. The molecule has 132 valence electrons. The van der Waals surface area contributed by atoms with Crippen molar-refractivity contribution in [2.45, 2.75) is 25.8 Å². The first-order valence-corrected chi connectivity index (χ1v) is 8.85. The molecule has 0 aliphatic carbocycles. The third kappa shape index (κ3) is 3.02. The van der Waals surface area contributed by atoms with Crippen LogP contribution in [0, 0.1) is 6.92 Å². The predicted molar refractivity (Wildman–Crippen MR) is 102 cm³/mol. The second kappa shape index (κ2) is 6.77. The Kier molecular flexibility index (Phi) is 4.31. The first-order valence-electron chi connectivity index (χ1n) is 8.85. The summed E-state index contributed by atoms with van der Waals surface area (Å²) in [7, 11) is 0. The third-order valence-corrected chi connectivity index (χ3v) is 4.90. The number of hydrogen-bond donors (Lipinski definition) is 2. The van der Waals surface area contributed by atoms with Crippen LogP contribution in [0.1, 0.15) is 17.5 Å². The number of nitrogens with zero attached hydrogens (tertiary/aromatic N) is 1. The van der Waals surface area contributed by atoms with Crippen molar-refractivity contribution >= 4 is 28.4 Å². The predicted octanol–water partition coefficient (Wildman–Crippen LogP) is 2.94. The van der Waals surface area contributed by atoms with Crippen LogP contribution in [0.5, 0.6) is 0 Å². The van der Waals surface area contributed by atoms with Crippen LogP contribution in [-0.2, 0) is 16.0 Å². The van der Waals surface area contributed by atoms with Crippen LogP contribution in [0.4, 0.5) is 5.69 Å². The van der Waals surface area contributed by atoms with Gasteiger partial charge < -0.3 is 10.3 Å². The number of aromatic nitrogens is 1. The number of nitrogens with one attached hydrogen (secondary N) is 2. The molecule has 2 heterocycles. The second-order valence-electron chi connectivity index (χ2n) is 6.72. The number of benzene rings is 2. The van der Waals surface area contributed by atoms with E-state index in [2.05, 4.69) is 16.4 Å². The van der Waals surface area contributed by atoms with E-state index >= 15 is 0 Å². The number of anilines is 1. The van der Waals surface area contributed by atoms with Gasteiger partial charge in [-0.15, -0.1) is 0 Å². The molecule has 1 aliphatic heterocycles. The lowest BCUT2D eigenvalue weighted by Gasteiger charge is -2.15. The molecule has 0 bridgehead atoms. The summed E-state index contributed by atoms with van der Waals surface area (Å²) in [6.45, 7) is 2.62. The van der Waals surface area contributed by atoms with Gasteiger partial charge in [-0.05, 0) is 37.1 Å². The molecule has 5 heteroatoms. The number of rotatable bonds is 5. The number of hydrogen-bond acceptors (Lipinski definition) is 3. The first kappa shape index (κ1) is 16.5. The van der Waals surface area contributed by atoms with Gasteiger partial charge in [0, 0.05) is 23.6 Å². The fourth-order valence-corrected chi connectivity index (χ4v) is 3.48. The van der Waals surface area contributed by atoms with Gasteiger partial charge in [0.1, 0.15) is 0 Å². The van der Waals surface area contributed by atoms with Crippen molar-refractivity contribution in [3.8, 4) is 0 Å². The molecule has 4 rings (SSSR count). The monoisotopic (exact) mass is 347 g/mol. The van der Waals surface area contributed by atoms with Crippen LogP contribution in [0.15, 0.2) is 54.7 Å². The largest absolute Gasteiger partial charge is 0.361 e. The minimum Gasteiger partial charge on any atom is -0.361 e. The van der Waals surface area contributed by atoms with Crippen molar-refractivity contribution in [1.29, 1.82) is 0 Å². The highest BCUT2D eigenvalue weighted by atomic mass is 16.2. The summed E-state index contributed by atoms with van der Waals surface area (Å²) >= 11 is 0. The van der Waals surface area contributed by atoms with Crippen LogP contribution in [0.25, 0.3) is 10.9 Å². The number of aromatic amines is 1. The zero-order valence-corrected chi connectivity index (χ0v) is 14.7. The molecule has 1 fully saturated rings. The van der Waals surface area contributed by atoms with Gasteiger partial charge in [-0.1, -0.05) is 35.9 Å². The van der Waals surface area contributed by atoms with Crippen molar-refractivity contribution < 1.29 is 9.59 Å². The van der Waals surface area contributed by atoms with E-state index in [1.54, 1.807) is 0 Å². The fraction of sp³-hybridized carbons (Fsp3) is 0.238. The standard InChI is InChI=1S/C21H21N3O2/c1-14-6-8-16(9-7-14)24-20(25)12-19(21(24)26)22-11-10-15-13-23-18-5-3-2-4-17(15)18/h2-9,13,19,22-23H,10-12H2,1H3/t19-/m0/s1. The fourth-order valence-electron chi connectivity index (χ4n) is 3.48. The van der Waals surface area contributed by atoms with E-state index in [1.807, 2.05) is 55.6 Å². The highest BCUT2D eigenvalue weighted by molar-refractivity contribution is 6.22.